The molecule has 1 saturated heterocycles. The van der Waals surface area contributed by atoms with E-state index in [4.69, 9.17) is 5.73 Å². The third-order valence-electron chi connectivity index (χ3n) is 3.10. The highest BCUT2D eigenvalue weighted by Crippen LogP contribution is 2.22. The van der Waals surface area contributed by atoms with Gasteiger partial charge in [-0.05, 0) is 25.2 Å². The van der Waals surface area contributed by atoms with Gasteiger partial charge in [-0.3, -0.25) is 0 Å². The Balaban J connectivity index is 2.53. The van der Waals surface area contributed by atoms with Gasteiger partial charge in [0.2, 0.25) is 10.0 Å². The van der Waals surface area contributed by atoms with E-state index in [1.165, 1.54) is 10.6 Å². The van der Waals surface area contributed by atoms with Crippen molar-refractivity contribution in [2.24, 2.45) is 11.7 Å². The summed E-state index contributed by atoms with van der Waals surface area (Å²) >= 11 is 0. The molecular weight excluding hydrogens is 276 g/mol. The number of hydrogen-bond acceptors (Lipinski definition) is 5. The molecule has 0 saturated carbocycles. The Hall–Kier alpha value is -0.180. The second-order valence-corrected chi connectivity index (χ2v) is 9.38. The highest BCUT2D eigenvalue weighted by Gasteiger charge is 2.27. The van der Waals surface area contributed by atoms with Crippen molar-refractivity contribution in [1.29, 1.82) is 0 Å². The van der Waals surface area contributed by atoms with Crippen molar-refractivity contribution in [3.63, 3.8) is 0 Å². The summed E-state index contributed by atoms with van der Waals surface area (Å²) in [6, 6.07) is -0.412. The lowest BCUT2D eigenvalue weighted by Crippen LogP contribution is -2.42. The van der Waals surface area contributed by atoms with Crippen molar-refractivity contribution < 1.29 is 16.8 Å². The van der Waals surface area contributed by atoms with Crippen LogP contribution in [0.2, 0.25) is 0 Å². The molecule has 108 valence electrons. The van der Waals surface area contributed by atoms with Crippen LogP contribution >= 0.6 is 0 Å². The molecule has 6 nitrogen and oxygen atoms in total. The first kappa shape index (κ1) is 15.9. The summed E-state index contributed by atoms with van der Waals surface area (Å²) < 4.78 is 46.6. The molecular formula is C10H22N2O4S2. The molecule has 0 aromatic carbocycles. The lowest BCUT2D eigenvalue weighted by atomic mass is 9.93. The van der Waals surface area contributed by atoms with Gasteiger partial charge in [0.25, 0.3) is 0 Å². The van der Waals surface area contributed by atoms with Gasteiger partial charge in [0, 0.05) is 25.4 Å². The quantitative estimate of drug-likeness (QED) is 0.732. The first-order chi connectivity index (χ1) is 8.08. The molecule has 0 spiro atoms. The van der Waals surface area contributed by atoms with E-state index in [2.05, 4.69) is 0 Å². The zero-order chi connectivity index (χ0) is 14.0. The van der Waals surface area contributed by atoms with E-state index in [0.717, 1.165) is 19.1 Å². The molecule has 0 radical (unpaired) electrons. The maximum atomic E-state index is 11.4. The molecule has 1 aliphatic rings. The average molecular weight is 298 g/mol. The summed E-state index contributed by atoms with van der Waals surface area (Å²) in [6.07, 6.45) is 4.63. The minimum absolute atomic E-state index is 0.0393. The maximum Gasteiger partial charge on any atom is 0.211 e. The van der Waals surface area contributed by atoms with Crippen molar-refractivity contribution in [1.82, 2.24) is 4.31 Å². The Morgan fingerprint density at radius 3 is 2.39 bits per heavy atom. The summed E-state index contributed by atoms with van der Waals surface area (Å²) in [4.78, 5) is 0. The SMILES string of the molecule is CS(=O)(=O)CC(N)CC1CCCN(S(C)(=O)=O)C1. The molecule has 0 aromatic heterocycles. The van der Waals surface area contributed by atoms with Crippen LogP contribution in [0.4, 0.5) is 0 Å². The molecule has 0 aromatic rings. The average Bonchev–Trinajstić information content (AvgIpc) is 2.13. The minimum atomic E-state index is -3.16. The van der Waals surface area contributed by atoms with Gasteiger partial charge in [-0.2, -0.15) is 0 Å². The van der Waals surface area contributed by atoms with Crippen molar-refractivity contribution in [3.05, 3.63) is 0 Å². The topological polar surface area (TPSA) is 97.5 Å². The number of nitrogens with zero attached hydrogens (tertiary/aromatic N) is 1. The first-order valence-corrected chi connectivity index (χ1v) is 9.87. The van der Waals surface area contributed by atoms with Gasteiger partial charge in [-0.1, -0.05) is 0 Å². The first-order valence-electron chi connectivity index (χ1n) is 5.96. The highest BCUT2D eigenvalue weighted by molar-refractivity contribution is 7.90. The Morgan fingerprint density at radius 2 is 1.89 bits per heavy atom. The number of piperidine rings is 1. The third kappa shape index (κ3) is 5.64. The Kier molecular flexibility index (Phi) is 5.16. The molecule has 2 N–H and O–H groups in total. The van der Waals surface area contributed by atoms with Crippen LogP contribution in [0.5, 0.6) is 0 Å². The molecule has 2 unspecified atom stereocenters. The second kappa shape index (κ2) is 5.85. The summed E-state index contributed by atoms with van der Waals surface area (Å²) in [5.41, 5.74) is 5.80. The molecule has 2 atom stereocenters. The van der Waals surface area contributed by atoms with Crippen molar-refractivity contribution >= 4 is 19.9 Å². The van der Waals surface area contributed by atoms with Crippen LogP contribution in [0.3, 0.4) is 0 Å². The van der Waals surface area contributed by atoms with E-state index < -0.39 is 25.9 Å². The van der Waals surface area contributed by atoms with Crippen molar-refractivity contribution in [2.45, 2.75) is 25.3 Å². The summed E-state index contributed by atoms with van der Waals surface area (Å²) in [5.74, 6) is 0.118. The number of hydrogen-bond donors (Lipinski definition) is 1. The molecule has 0 bridgehead atoms. The zero-order valence-corrected chi connectivity index (χ0v) is 12.5. The van der Waals surface area contributed by atoms with Gasteiger partial charge in [0.05, 0.1) is 12.0 Å². The number of sulfone groups is 1. The standard InChI is InChI=1S/C10H22N2O4S2/c1-17(13,14)8-10(11)6-9-4-3-5-12(7-9)18(2,15)16/h9-10H,3-8,11H2,1-2H3. The van der Waals surface area contributed by atoms with Crippen LogP contribution in [0.1, 0.15) is 19.3 Å². The van der Waals surface area contributed by atoms with Gasteiger partial charge in [0.15, 0.2) is 0 Å². The Labute approximate surface area is 110 Å². The van der Waals surface area contributed by atoms with E-state index in [0.29, 0.717) is 19.5 Å². The predicted octanol–water partition coefficient (Wildman–Crippen LogP) is -0.580. The van der Waals surface area contributed by atoms with E-state index in [1.807, 2.05) is 0 Å². The lowest BCUT2D eigenvalue weighted by Gasteiger charge is -2.32. The fraction of sp³-hybridized carbons (Fsp3) is 1.00. The molecule has 18 heavy (non-hydrogen) atoms. The van der Waals surface area contributed by atoms with Crippen molar-refractivity contribution in [2.75, 3.05) is 31.4 Å². The molecule has 1 heterocycles. The fourth-order valence-corrected chi connectivity index (χ4v) is 4.26. The maximum absolute atomic E-state index is 11.4. The third-order valence-corrected chi connectivity index (χ3v) is 5.41. The summed E-state index contributed by atoms with van der Waals surface area (Å²) in [7, 11) is -6.23. The van der Waals surface area contributed by atoms with Crippen molar-refractivity contribution in [3.8, 4) is 0 Å². The number of sulfonamides is 1. The van der Waals surface area contributed by atoms with E-state index in [1.54, 1.807) is 0 Å². The number of nitrogens with two attached hydrogens (primary N) is 1. The Bertz CT molecular complexity index is 472. The molecule has 0 amide bonds. The van der Waals surface area contributed by atoms with Crippen LogP contribution in [-0.2, 0) is 19.9 Å². The minimum Gasteiger partial charge on any atom is -0.327 e. The summed E-state index contributed by atoms with van der Waals surface area (Å²) in [5, 5.41) is 0. The number of rotatable bonds is 5. The monoisotopic (exact) mass is 298 g/mol. The molecule has 1 fully saturated rings. The van der Waals surface area contributed by atoms with Crippen LogP contribution in [0.25, 0.3) is 0 Å². The fourth-order valence-electron chi connectivity index (χ4n) is 2.41. The largest absolute Gasteiger partial charge is 0.327 e. The smallest absolute Gasteiger partial charge is 0.211 e. The van der Waals surface area contributed by atoms with Gasteiger partial charge in [-0.15, -0.1) is 0 Å². The summed E-state index contributed by atoms with van der Waals surface area (Å²) in [6.45, 7) is 1.01. The van der Waals surface area contributed by atoms with Gasteiger partial charge in [-0.25, -0.2) is 21.1 Å². The molecule has 1 rings (SSSR count). The highest BCUT2D eigenvalue weighted by atomic mass is 32.2. The van der Waals surface area contributed by atoms with Gasteiger partial charge >= 0.3 is 0 Å². The van der Waals surface area contributed by atoms with E-state index in [9.17, 15) is 16.8 Å². The van der Waals surface area contributed by atoms with Crippen LogP contribution < -0.4 is 5.73 Å². The van der Waals surface area contributed by atoms with Crippen LogP contribution in [0.15, 0.2) is 0 Å². The van der Waals surface area contributed by atoms with Crippen LogP contribution in [-0.4, -0.2) is 58.5 Å². The molecule has 1 aliphatic heterocycles. The van der Waals surface area contributed by atoms with Gasteiger partial charge in [0.1, 0.15) is 9.84 Å². The normalized spacial score (nSPS) is 24.9. The molecule has 0 aliphatic carbocycles. The predicted molar refractivity (Wildman–Crippen MR) is 71.4 cm³/mol. The Morgan fingerprint density at radius 1 is 1.28 bits per heavy atom. The lowest BCUT2D eigenvalue weighted by molar-refractivity contribution is 0.249. The van der Waals surface area contributed by atoms with Crippen LogP contribution in [0, 0.1) is 5.92 Å². The van der Waals surface area contributed by atoms with E-state index >= 15 is 0 Å². The second-order valence-electron chi connectivity index (χ2n) is 5.22. The molecule has 8 heteroatoms. The van der Waals surface area contributed by atoms with E-state index in [-0.39, 0.29) is 11.7 Å². The zero-order valence-electron chi connectivity index (χ0n) is 10.9. The van der Waals surface area contributed by atoms with Gasteiger partial charge < -0.3 is 5.73 Å².